The number of nitrogens with one attached hydrogen (secondary N) is 2. The highest BCUT2D eigenvalue weighted by Gasteiger charge is 2.22. The van der Waals surface area contributed by atoms with Gasteiger partial charge in [0, 0.05) is 11.5 Å². The molecule has 4 aromatic rings. The Morgan fingerprint density at radius 3 is 2.43 bits per heavy atom. The van der Waals surface area contributed by atoms with Crippen LogP contribution in [0.1, 0.15) is 22.2 Å². The number of carbonyl (C=O) groups is 1. The minimum atomic E-state index is -0.432. The molecule has 0 radical (unpaired) electrons. The molecule has 0 aliphatic carbocycles. The lowest BCUT2D eigenvalue weighted by atomic mass is 10.2. The Balaban J connectivity index is 1.84. The molecule has 30 heavy (non-hydrogen) atoms. The maximum absolute atomic E-state index is 12.7. The first kappa shape index (κ1) is 19.7. The number of para-hydroxylation sites is 1. The third-order valence-corrected chi connectivity index (χ3v) is 5.77. The molecule has 2 heterocycles. The molecule has 2 N–H and O–H groups in total. The van der Waals surface area contributed by atoms with Crippen molar-refractivity contribution in [3.05, 3.63) is 87.5 Å². The Morgan fingerprint density at radius 2 is 1.73 bits per heavy atom. The van der Waals surface area contributed by atoms with Crippen LogP contribution in [-0.4, -0.2) is 17.1 Å². The third kappa shape index (κ3) is 3.79. The Hall–Kier alpha value is -3.58. The maximum Gasteiger partial charge on any atom is 0.350 e. The van der Waals surface area contributed by atoms with Gasteiger partial charge in [-0.1, -0.05) is 35.9 Å². The molecule has 0 bridgehead atoms. The van der Waals surface area contributed by atoms with E-state index in [-0.39, 0.29) is 12.2 Å². The zero-order valence-electron chi connectivity index (χ0n) is 16.6. The summed E-state index contributed by atoms with van der Waals surface area (Å²) in [7, 11) is 0. The van der Waals surface area contributed by atoms with E-state index in [1.807, 2.05) is 61.5 Å². The van der Waals surface area contributed by atoms with Crippen LogP contribution in [0.4, 0.5) is 11.4 Å². The smallest absolute Gasteiger partial charge is 0.350 e. The SMILES string of the molecule is CCOC(=O)c1sc2c(ccc(=O)n2-c2ccccc2)c1NNc1ccc(C)cc1. The van der Waals surface area contributed by atoms with Crippen molar-refractivity contribution in [1.29, 1.82) is 0 Å². The molecule has 6 nitrogen and oxygen atoms in total. The summed E-state index contributed by atoms with van der Waals surface area (Å²) in [6, 6.07) is 20.5. The third-order valence-electron chi connectivity index (χ3n) is 4.60. The summed E-state index contributed by atoms with van der Waals surface area (Å²) in [5.41, 5.74) is 9.46. The predicted octanol–water partition coefficient (Wildman–Crippen LogP) is 4.98. The van der Waals surface area contributed by atoms with E-state index in [1.54, 1.807) is 17.6 Å². The fourth-order valence-corrected chi connectivity index (χ4v) is 4.30. The van der Waals surface area contributed by atoms with Crippen molar-refractivity contribution in [2.24, 2.45) is 0 Å². The number of ether oxygens (including phenoxy) is 1. The molecule has 2 aromatic carbocycles. The molecule has 0 saturated carbocycles. The van der Waals surface area contributed by atoms with Crippen LogP contribution in [0.5, 0.6) is 0 Å². The largest absolute Gasteiger partial charge is 0.462 e. The number of thiophene rings is 1. The van der Waals surface area contributed by atoms with Gasteiger partial charge in [-0.15, -0.1) is 11.3 Å². The van der Waals surface area contributed by atoms with Crippen LogP contribution < -0.4 is 16.4 Å². The number of hydrogen-bond acceptors (Lipinski definition) is 6. The summed E-state index contributed by atoms with van der Waals surface area (Å²) in [6.07, 6.45) is 0. The summed E-state index contributed by atoms with van der Waals surface area (Å²) in [6.45, 7) is 4.05. The zero-order valence-corrected chi connectivity index (χ0v) is 17.5. The second-order valence-electron chi connectivity index (χ2n) is 6.70. The molecule has 0 spiro atoms. The van der Waals surface area contributed by atoms with Gasteiger partial charge in [0.25, 0.3) is 5.56 Å². The topological polar surface area (TPSA) is 72.4 Å². The van der Waals surface area contributed by atoms with Crippen LogP contribution in [0.15, 0.2) is 71.5 Å². The van der Waals surface area contributed by atoms with Crippen molar-refractivity contribution >= 4 is 38.9 Å². The Bertz CT molecular complexity index is 1240. The molecular formula is C23H21N3O3S. The molecule has 0 aliphatic rings. The molecule has 0 amide bonds. The highest BCUT2D eigenvalue weighted by atomic mass is 32.1. The number of pyridine rings is 1. The van der Waals surface area contributed by atoms with E-state index in [1.165, 1.54) is 17.4 Å². The second-order valence-corrected chi connectivity index (χ2v) is 7.70. The van der Waals surface area contributed by atoms with Crippen molar-refractivity contribution in [3.8, 4) is 5.69 Å². The van der Waals surface area contributed by atoms with E-state index in [9.17, 15) is 9.59 Å². The number of esters is 1. The number of hydrogen-bond donors (Lipinski definition) is 2. The minimum absolute atomic E-state index is 0.164. The van der Waals surface area contributed by atoms with Gasteiger partial charge in [0.1, 0.15) is 9.71 Å². The number of hydrazine groups is 1. The van der Waals surface area contributed by atoms with Crippen LogP contribution in [0, 0.1) is 6.92 Å². The summed E-state index contributed by atoms with van der Waals surface area (Å²) in [5, 5.41) is 0.756. The van der Waals surface area contributed by atoms with Crippen molar-refractivity contribution in [3.63, 3.8) is 0 Å². The van der Waals surface area contributed by atoms with Crippen molar-refractivity contribution < 1.29 is 9.53 Å². The van der Waals surface area contributed by atoms with Crippen molar-refractivity contribution in [2.45, 2.75) is 13.8 Å². The summed E-state index contributed by atoms with van der Waals surface area (Å²) in [5.74, 6) is -0.432. The van der Waals surface area contributed by atoms with Crippen LogP contribution >= 0.6 is 11.3 Å². The van der Waals surface area contributed by atoms with Crippen molar-refractivity contribution in [2.75, 3.05) is 17.5 Å². The number of aromatic nitrogens is 1. The van der Waals surface area contributed by atoms with Gasteiger partial charge in [0.2, 0.25) is 0 Å². The highest BCUT2D eigenvalue weighted by Crippen LogP contribution is 2.36. The Labute approximate surface area is 177 Å². The monoisotopic (exact) mass is 419 g/mol. The van der Waals surface area contributed by atoms with Crippen molar-refractivity contribution in [1.82, 2.24) is 4.57 Å². The van der Waals surface area contributed by atoms with E-state index in [4.69, 9.17) is 4.74 Å². The van der Waals surface area contributed by atoms with E-state index in [2.05, 4.69) is 10.9 Å². The number of fused-ring (bicyclic) bond motifs is 1. The van der Waals surface area contributed by atoms with Crippen LogP contribution in [-0.2, 0) is 4.74 Å². The first-order chi connectivity index (χ1) is 14.6. The van der Waals surface area contributed by atoms with E-state index in [0.717, 1.165) is 22.3 Å². The second kappa shape index (κ2) is 8.42. The van der Waals surface area contributed by atoms with Gasteiger partial charge in [-0.25, -0.2) is 4.79 Å². The molecular weight excluding hydrogens is 398 g/mol. The van der Waals surface area contributed by atoms with Crippen LogP contribution in [0.3, 0.4) is 0 Å². The molecule has 0 saturated heterocycles. The van der Waals surface area contributed by atoms with E-state index in [0.29, 0.717) is 15.4 Å². The molecule has 0 atom stereocenters. The molecule has 0 fully saturated rings. The molecule has 0 aliphatic heterocycles. The van der Waals surface area contributed by atoms with E-state index < -0.39 is 5.97 Å². The molecule has 0 unspecified atom stereocenters. The molecule has 4 rings (SSSR count). The molecule has 152 valence electrons. The maximum atomic E-state index is 12.7. The number of benzene rings is 2. The number of carbonyl (C=O) groups excluding carboxylic acids is 1. The lowest BCUT2D eigenvalue weighted by molar-refractivity contribution is 0.0533. The first-order valence-electron chi connectivity index (χ1n) is 9.58. The Kier molecular flexibility index (Phi) is 5.54. The lowest BCUT2D eigenvalue weighted by Crippen LogP contribution is -2.16. The Morgan fingerprint density at radius 1 is 1.00 bits per heavy atom. The van der Waals surface area contributed by atoms with Crippen LogP contribution in [0.2, 0.25) is 0 Å². The number of nitrogens with zero attached hydrogens (tertiary/aromatic N) is 1. The van der Waals surface area contributed by atoms with Gasteiger partial charge in [-0.05, 0) is 44.2 Å². The van der Waals surface area contributed by atoms with Crippen LogP contribution in [0.25, 0.3) is 15.9 Å². The average Bonchev–Trinajstić information content (AvgIpc) is 3.12. The standard InChI is InChI=1S/C23H21N3O3S/c1-3-29-23(28)21-20(25-24-16-11-9-15(2)10-12-16)18-13-14-19(27)26(22(18)30-21)17-7-5-4-6-8-17/h4-14,24-25H,3H2,1-2H3. The van der Waals surface area contributed by atoms with Gasteiger partial charge >= 0.3 is 5.97 Å². The zero-order chi connectivity index (χ0) is 21.1. The average molecular weight is 420 g/mol. The van der Waals surface area contributed by atoms with Gasteiger partial charge < -0.3 is 10.2 Å². The molecule has 7 heteroatoms. The van der Waals surface area contributed by atoms with Gasteiger partial charge in [0.05, 0.1) is 23.7 Å². The summed E-state index contributed by atoms with van der Waals surface area (Å²) >= 11 is 1.23. The highest BCUT2D eigenvalue weighted by molar-refractivity contribution is 7.21. The number of anilines is 2. The predicted molar refractivity (Wildman–Crippen MR) is 122 cm³/mol. The van der Waals surface area contributed by atoms with Gasteiger partial charge in [0.15, 0.2) is 0 Å². The minimum Gasteiger partial charge on any atom is -0.462 e. The fraction of sp³-hybridized carbons (Fsp3) is 0.130. The number of aryl methyl sites for hydroxylation is 1. The fourth-order valence-electron chi connectivity index (χ4n) is 3.14. The number of rotatable bonds is 6. The normalized spacial score (nSPS) is 10.7. The van der Waals surface area contributed by atoms with Gasteiger partial charge in [-0.3, -0.25) is 14.8 Å². The molecule has 2 aromatic heterocycles. The quantitative estimate of drug-likeness (QED) is 0.341. The summed E-state index contributed by atoms with van der Waals surface area (Å²) in [4.78, 5) is 26.4. The van der Waals surface area contributed by atoms with E-state index >= 15 is 0 Å². The lowest BCUT2D eigenvalue weighted by Gasteiger charge is -2.11. The summed E-state index contributed by atoms with van der Waals surface area (Å²) < 4.78 is 6.87. The first-order valence-corrected chi connectivity index (χ1v) is 10.4. The van der Waals surface area contributed by atoms with Gasteiger partial charge in [-0.2, -0.15) is 0 Å².